The lowest BCUT2D eigenvalue weighted by Gasteiger charge is -2.24. The first kappa shape index (κ1) is 27.3. The van der Waals surface area contributed by atoms with Crippen LogP contribution in [0.25, 0.3) is 11.3 Å². The Hall–Kier alpha value is -4.28. The van der Waals surface area contributed by atoms with Crippen molar-refractivity contribution in [3.63, 3.8) is 0 Å². The van der Waals surface area contributed by atoms with Gasteiger partial charge in [0.1, 0.15) is 36.1 Å². The summed E-state index contributed by atoms with van der Waals surface area (Å²) in [7, 11) is 0. The fraction of sp³-hybridized carbons (Fsp3) is 0.172. The summed E-state index contributed by atoms with van der Waals surface area (Å²) in [6.45, 7) is 0.0136. The topological polar surface area (TPSA) is 131 Å². The molecule has 5 rings (SSSR count). The van der Waals surface area contributed by atoms with Crippen LogP contribution in [0.1, 0.15) is 34.6 Å². The number of benzene rings is 3. The van der Waals surface area contributed by atoms with Crippen LogP contribution in [0.3, 0.4) is 0 Å². The van der Waals surface area contributed by atoms with E-state index in [9.17, 15) is 14.0 Å². The highest BCUT2D eigenvalue weighted by molar-refractivity contribution is 14.1. The van der Waals surface area contributed by atoms with Crippen molar-refractivity contribution in [2.75, 3.05) is 13.2 Å². The molecule has 0 unspecified atom stereocenters. The molecule has 0 aliphatic carbocycles. The Balaban J connectivity index is 1.47. The van der Waals surface area contributed by atoms with Gasteiger partial charge in [0, 0.05) is 15.6 Å². The molecule has 1 aliphatic heterocycles. The molecule has 202 valence electrons. The molecule has 3 N–H and O–H groups in total. The number of hydrogen-bond acceptors (Lipinski definition) is 6. The lowest BCUT2D eigenvalue weighted by Crippen LogP contribution is -2.36. The molecule has 1 fully saturated rings. The van der Waals surface area contributed by atoms with Gasteiger partial charge in [-0.3, -0.25) is 9.69 Å². The Bertz CT molecular complexity index is 1580. The van der Waals surface area contributed by atoms with Crippen molar-refractivity contribution < 1.29 is 23.8 Å². The van der Waals surface area contributed by atoms with E-state index < -0.39 is 29.8 Å². The predicted octanol–water partition coefficient (Wildman–Crippen LogP) is 4.64. The number of imidazole rings is 1. The van der Waals surface area contributed by atoms with Crippen LogP contribution < -0.4 is 10.1 Å². The summed E-state index contributed by atoms with van der Waals surface area (Å²) in [6, 6.07) is 18.1. The highest BCUT2D eigenvalue weighted by atomic mass is 127. The van der Waals surface area contributed by atoms with Gasteiger partial charge in [-0.2, -0.15) is 5.26 Å². The minimum absolute atomic E-state index is 0.126. The van der Waals surface area contributed by atoms with Crippen LogP contribution in [-0.2, 0) is 11.2 Å². The van der Waals surface area contributed by atoms with Gasteiger partial charge < -0.3 is 20.1 Å². The number of aliphatic hydroxyl groups excluding tert-OH is 1. The van der Waals surface area contributed by atoms with Gasteiger partial charge in [-0.05, 0) is 76.2 Å². The third kappa shape index (κ3) is 5.68. The molecule has 1 aliphatic rings. The van der Waals surface area contributed by atoms with E-state index in [1.54, 1.807) is 60.7 Å². The molecule has 3 amide bonds. The van der Waals surface area contributed by atoms with Gasteiger partial charge in [-0.25, -0.2) is 14.2 Å². The number of nitrogens with one attached hydrogen (secondary N) is 2. The summed E-state index contributed by atoms with van der Waals surface area (Å²) in [5.74, 6) is -0.0523. The van der Waals surface area contributed by atoms with Gasteiger partial charge in [-0.15, -0.1) is 0 Å². The molecule has 2 atom stereocenters. The standard InChI is InChI=1S/C29H23FIN5O4/c30-23-14-20(31)7-10-22(23)24-16-33-27(34-24)25(13-17-1-3-18(15-32)4-2-17)36-28(38)26(35-29(36)39)19-5-8-21(9-6-19)40-12-11-37/h1-10,14,16,25-26,37H,11-13H2,(H,33,34)(H,35,39)/t25-,26+/m0/s1. The number of ether oxygens (including phenoxy) is 1. The molecule has 1 saturated heterocycles. The Morgan fingerprint density at radius 3 is 2.55 bits per heavy atom. The van der Waals surface area contributed by atoms with Gasteiger partial charge in [-0.1, -0.05) is 24.3 Å². The van der Waals surface area contributed by atoms with Crippen molar-refractivity contribution in [3.05, 3.63) is 105 Å². The minimum atomic E-state index is -0.925. The highest BCUT2D eigenvalue weighted by Crippen LogP contribution is 2.33. The fourth-order valence-electron chi connectivity index (χ4n) is 4.53. The molecule has 0 bridgehead atoms. The predicted molar refractivity (Wildman–Crippen MR) is 151 cm³/mol. The number of hydrogen-bond donors (Lipinski definition) is 3. The zero-order valence-corrected chi connectivity index (χ0v) is 23.1. The van der Waals surface area contributed by atoms with E-state index in [-0.39, 0.29) is 19.6 Å². The number of urea groups is 1. The number of aromatic nitrogens is 2. The van der Waals surface area contributed by atoms with E-state index in [4.69, 9.17) is 15.1 Å². The fourth-order valence-corrected chi connectivity index (χ4v) is 4.99. The molecule has 1 aromatic heterocycles. The van der Waals surface area contributed by atoms with Crippen molar-refractivity contribution in [2.24, 2.45) is 0 Å². The molecular weight excluding hydrogens is 628 g/mol. The number of amides is 3. The summed E-state index contributed by atoms with van der Waals surface area (Å²) in [6.07, 6.45) is 1.70. The highest BCUT2D eigenvalue weighted by Gasteiger charge is 2.44. The lowest BCUT2D eigenvalue weighted by molar-refractivity contribution is -0.129. The smallest absolute Gasteiger partial charge is 0.325 e. The number of aliphatic hydroxyl groups is 1. The monoisotopic (exact) mass is 651 g/mol. The average Bonchev–Trinajstić information content (AvgIpc) is 3.56. The summed E-state index contributed by atoms with van der Waals surface area (Å²) < 4.78 is 20.8. The molecule has 4 aromatic rings. The Morgan fingerprint density at radius 2 is 1.88 bits per heavy atom. The zero-order valence-electron chi connectivity index (χ0n) is 21.0. The van der Waals surface area contributed by atoms with Crippen molar-refractivity contribution in [1.29, 1.82) is 5.26 Å². The first-order valence-electron chi connectivity index (χ1n) is 12.3. The maximum absolute atomic E-state index is 14.7. The van der Waals surface area contributed by atoms with Gasteiger partial charge in [0.15, 0.2) is 0 Å². The van der Waals surface area contributed by atoms with Crippen LogP contribution in [0.2, 0.25) is 0 Å². The second-order valence-corrected chi connectivity index (χ2v) is 10.3. The Morgan fingerprint density at radius 1 is 1.12 bits per heavy atom. The van der Waals surface area contributed by atoms with Crippen molar-refractivity contribution in [2.45, 2.75) is 18.5 Å². The van der Waals surface area contributed by atoms with Gasteiger partial charge in [0.05, 0.1) is 30.1 Å². The number of carbonyl (C=O) groups is 2. The van der Waals surface area contributed by atoms with E-state index >= 15 is 0 Å². The Kier molecular flexibility index (Phi) is 8.09. The lowest BCUT2D eigenvalue weighted by atomic mass is 10.0. The SMILES string of the molecule is N#Cc1ccc(C[C@@H](c2ncc(-c3ccc(I)cc3F)[nH]2)N2C(=O)N[C@H](c3ccc(OCCO)cc3)C2=O)cc1. The van der Waals surface area contributed by atoms with Crippen LogP contribution in [0, 0.1) is 20.7 Å². The largest absolute Gasteiger partial charge is 0.491 e. The van der Waals surface area contributed by atoms with E-state index in [1.807, 2.05) is 22.6 Å². The first-order valence-corrected chi connectivity index (χ1v) is 13.4. The minimum Gasteiger partial charge on any atom is -0.491 e. The second kappa shape index (κ2) is 11.8. The second-order valence-electron chi connectivity index (χ2n) is 9.07. The van der Waals surface area contributed by atoms with Gasteiger partial charge >= 0.3 is 6.03 Å². The number of imide groups is 1. The van der Waals surface area contributed by atoms with Crippen molar-refractivity contribution >= 4 is 34.5 Å². The number of rotatable bonds is 9. The maximum atomic E-state index is 14.7. The molecule has 40 heavy (non-hydrogen) atoms. The first-order chi connectivity index (χ1) is 19.4. The number of aromatic amines is 1. The summed E-state index contributed by atoms with van der Waals surface area (Å²) in [5.41, 5.74) is 2.55. The molecule has 0 spiro atoms. The number of halogens is 2. The van der Waals surface area contributed by atoms with Gasteiger partial charge in [0.2, 0.25) is 0 Å². The third-order valence-electron chi connectivity index (χ3n) is 6.50. The van der Waals surface area contributed by atoms with Crippen LogP contribution in [-0.4, -0.2) is 45.1 Å². The molecule has 11 heteroatoms. The number of H-pyrrole nitrogens is 1. The van der Waals surface area contributed by atoms with E-state index in [1.165, 1.54) is 12.3 Å². The van der Waals surface area contributed by atoms with E-state index in [0.29, 0.717) is 34.0 Å². The van der Waals surface area contributed by atoms with E-state index in [0.717, 1.165) is 14.0 Å². The summed E-state index contributed by atoms with van der Waals surface area (Å²) in [4.78, 5) is 35.6. The van der Waals surface area contributed by atoms with Gasteiger partial charge in [0.25, 0.3) is 5.91 Å². The molecular formula is C29H23FIN5O4. The zero-order chi connectivity index (χ0) is 28.2. The summed E-state index contributed by atoms with van der Waals surface area (Å²) >= 11 is 2.03. The van der Waals surface area contributed by atoms with Crippen molar-refractivity contribution in [1.82, 2.24) is 20.2 Å². The molecule has 2 heterocycles. The Labute approximate surface area is 242 Å². The van der Waals surface area contributed by atoms with Crippen LogP contribution in [0.5, 0.6) is 5.75 Å². The quantitative estimate of drug-likeness (QED) is 0.179. The average molecular weight is 651 g/mol. The number of nitriles is 1. The van der Waals surface area contributed by atoms with Crippen LogP contribution in [0.4, 0.5) is 9.18 Å². The van der Waals surface area contributed by atoms with Crippen molar-refractivity contribution in [3.8, 4) is 23.1 Å². The number of nitrogens with zero attached hydrogens (tertiary/aromatic N) is 3. The molecule has 3 aromatic carbocycles. The van der Waals surface area contributed by atoms with Crippen LogP contribution in [0.15, 0.2) is 72.9 Å². The third-order valence-corrected chi connectivity index (χ3v) is 7.17. The van der Waals surface area contributed by atoms with E-state index in [2.05, 4.69) is 21.4 Å². The molecule has 9 nitrogen and oxygen atoms in total. The number of carbonyl (C=O) groups excluding carboxylic acids is 2. The molecule has 0 saturated carbocycles. The molecule has 0 radical (unpaired) electrons. The van der Waals surface area contributed by atoms with Crippen LogP contribution >= 0.6 is 22.6 Å². The summed E-state index contributed by atoms with van der Waals surface area (Å²) in [5, 5.41) is 20.9. The maximum Gasteiger partial charge on any atom is 0.325 e. The normalized spacial score (nSPS) is 15.6.